The summed E-state index contributed by atoms with van der Waals surface area (Å²) in [5.74, 6) is -0.868. The lowest BCUT2D eigenvalue weighted by atomic mass is 10.1. The molecule has 2 rings (SSSR count). The Balaban J connectivity index is 2.39. The molecule has 0 heterocycles. The summed E-state index contributed by atoms with van der Waals surface area (Å²) in [6, 6.07) is 4.73. The van der Waals surface area contributed by atoms with Crippen molar-refractivity contribution < 1.29 is 9.72 Å². The fourth-order valence-corrected chi connectivity index (χ4v) is 2.13. The Labute approximate surface area is 96.3 Å². The number of nitrogens with two attached hydrogens (primary N) is 1. The summed E-state index contributed by atoms with van der Waals surface area (Å²) in [5, 5.41) is 11.0. The van der Waals surface area contributed by atoms with Gasteiger partial charge in [0.15, 0.2) is 0 Å². The number of carbonyl (C=O) groups is 1. The molecule has 6 heteroatoms. The van der Waals surface area contributed by atoms with Crippen LogP contribution in [0.5, 0.6) is 0 Å². The van der Waals surface area contributed by atoms with Crippen molar-refractivity contribution in [2.75, 3.05) is 0 Å². The summed E-state index contributed by atoms with van der Waals surface area (Å²) in [4.78, 5) is 21.3. The van der Waals surface area contributed by atoms with Gasteiger partial charge in [0.1, 0.15) is 5.02 Å². The third kappa shape index (κ3) is 1.74. The summed E-state index contributed by atoms with van der Waals surface area (Å²) >= 11 is 5.77. The van der Waals surface area contributed by atoms with Crippen molar-refractivity contribution in [3.05, 3.63) is 38.9 Å². The lowest BCUT2D eigenvalue weighted by molar-refractivity contribution is -0.385. The van der Waals surface area contributed by atoms with Gasteiger partial charge in [-0.15, -0.1) is 0 Å². The first kappa shape index (κ1) is 10.9. The topological polar surface area (TPSA) is 86.2 Å². The normalized spacial score (nSPS) is 22.8. The number of nitro groups is 1. The lowest BCUT2D eigenvalue weighted by Gasteiger charge is -2.02. The molecule has 1 aromatic rings. The van der Waals surface area contributed by atoms with E-state index in [0.717, 1.165) is 0 Å². The SMILES string of the molecule is NC(=O)[C@H]1C[C@@H]1c1cccc(Cl)c1[N+](=O)[O-]. The number of rotatable bonds is 3. The van der Waals surface area contributed by atoms with E-state index < -0.39 is 10.8 Å². The Kier molecular flexibility index (Phi) is 2.55. The first-order valence-corrected chi connectivity index (χ1v) is 5.12. The van der Waals surface area contributed by atoms with Crippen LogP contribution in [0.2, 0.25) is 5.02 Å². The number of amides is 1. The minimum atomic E-state index is -0.520. The minimum Gasteiger partial charge on any atom is -0.369 e. The van der Waals surface area contributed by atoms with E-state index in [2.05, 4.69) is 0 Å². The van der Waals surface area contributed by atoms with E-state index in [1.165, 1.54) is 6.07 Å². The number of hydrogen-bond donors (Lipinski definition) is 1. The van der Waals surface area contributed by atoms with Crippen LogP contribution in [0.4, 0.5) is 5.69 Å². The monoisotopic (exact) mass is 240 g/mol. The highest BCUT2D eigenvalue weighted by Crippen LogP contribution is 2.51. The van der Waals surface area contributed by atoms with Gasteiger partial charge in [-0.3, -0.25) is 14.9 Å². The molecule has 2 N–H and O–H groups in total. The van der Waals surface area contributed by atoms with Crippen molar-refractivity contribution >= 4 is 23.2 Å². The quantitative estimate of drug-likeness (QED) is 0.646. The van der Waals surface area contributed by atoms with Crippen LogP contribution in [-0.2, 0) is 4.79 Å². The predicted molar refractivity (Wildman–Crippen MR) is 58.1 cm³/mol. The molecule has 0 aromatic heterocycles. The number of para-hydroxylation sites is 1. The van der Waals surface area contributed by atoms with E-state index in [1.807, 2.05) is 0 Å². The van der Waals surface area contributed by atoms with Crippen molar-refractivity contribution in [1.29, 1.82) is 0 Å². The molecule has 1 saturated carbocycles. The van der Waals surface area contributed by atoms with Gasteiger partial charge in [0.05, 0.1) is 4.92 Å². The molecule has 0 spiro atoms. The van der Waals surface area contributed by atoms with Crippen LogP contribution >= 0.6 is 11.6 Å². The van der Waals surface area contributed by atoms with Crippen LogP contribution in [0, 0.1) is 16.0 Å². The van der Waals surface area contributed by atoms with E-state index in [1.54, 1.807) is 12.1 Å². The van der Waals surface area contributed by atoms with Crippen molar-refractivity contribution in [1.82, 2.24) is 0 Å². The Bertz CT molecular complexity index is 475. The number of benzene rings is 1. The maximum atomic E-state index is 10.9. The molecule has 0 unspecified atom stereocenters. The van der Waals surface area contributed by atoms with Gasteiger partial charge in [0.2, 0.25) is 5.91 Å². The van der Waals surface area contributed by atoms with E-state index in [9.17, 15) is 14.9 Å². The molecule has 2 atom stereocenters. The third-order valence-electron chi connectivity index (χ3n) is 2.76. The molecule has 0 aliphatic heterocycles. The summed E-state index contributed by atoms with van der Waals surface area (Å²) < 4.78 is 0. The number of halogens is 1. The first-order valence-electron chi connectivity index (χ1n) is 4.74. The van der Waals surface area contributed by atoms with Gasteiger partial charge in [0, 0.05) is 17.4 Å². The zero-order valence-electron chi connectivity index (χ0n) is 8.22. The third-order valence-corrected chi connectivity index (χ3v) is 3.06. The predicted octanol–water partition coefficient (Wildman–Crippen LogP) is 1.84. The molecule has 1 aliphatic rings. The summed E-state index contributed by atoms with van der Waals surface area (Å²) in [5.41, 5.74) is 5.54. The van der Waals surface area contributed by atoms with Gasteiger partial charge in [0.25, 0.3) is 5.69 Å². The van der Waals surface area contributed by atoms with Gasteiger partial charge >= 0.3 is 0 Å². The van der Waals surface area contributed by atoms with Crippen molar-refractivity contribution in [3.63, 3.8) is 0 Å². The van der Waals surface area contributed by atoms with Crippen molar-refractivity contribution in [3.8, 4) is 0 Å². The molecule has 5 nitrogen and oxygen atoms in total. The molecule has 1 aliphatic carbocycles. The van der Waals surface area contributed by atoms with Gasteiger partial charge in [-0.05, 0) is 12.5 Å². The fraction of sp³-hybridized carbons (Fsp3) is 0.300. The van der Waals surface area contributed by atoms with Gasteiger partial charge in [-0.2, -0.15) is 0 Å². The average Bonchev–Trinajstić information content (AvgIpc) is 2.95. The van der Waals surface area contributed by atoms with E-state index in [4.69, 9.17) is 17.3 Å². The fourth-order valence-electron chi connectivity index (χ4n) is 1.88. The summed E-state index contributed by atoms with van der Waals surface area (Å²) in [6.07, 6.45) is 0.566. The van der Waals surface area contributed by atoms with E-state index in [-0.39, 0.29) is 22.5 Å². The highest BCUT2D eigenvalue weighted by Gasteiger charge is 2.46. The zero-order valence-corrected chi connectivity index (χ0v) is 8.98. The minimum absolute atomic E-state index is 0.0950. The number of primary amides is 1. The summed E-state index contributed by atoms with van der Waals surface area (Å²) in [7, 11) is 0. The second-order valence-corrected chi connectivity index (χ2v) is 4.19. The maximum absolute atomic E-state index is 10.9. The molecule has 84 valence electrons. The van der Waals surface area contributed by atoms with E-state index >= 15 is 0 Å². The number of carbonyl (C=O) groups excluding carboxylic acids is 1. The maximum Gasteiger partial charge on any atom is 0.291 e. The van der Waals surface area contributed by atoms with Crippen molar-refractivity contribution in [2.24, 2.45) is 11.7 Å². The number of nitro benzene ring substituents is 1. The highest BCUT2D eigenvalue weighted by molar-refractivity contribution is 6.32. The van der Waals surface area contributed by atoms with Crippen LogP contribution in [0.25, 0.3) is 0 Å². The molecule has 0 saturated heterocycles. The number of nitrogens with zero attached hydrogens (tertiary/aromatic N) is 1. The molecule has 0 radical (unpaired) electrons. The first-order chi connectivity index (χ1) is 7.52. The van der Waals surface area contributed by atoms with Crippen LogP contribution in [0.15, 0.2) is 18.2 Å². The van der Waals surface area contributed by atoms with Crippen LogP contribution in [0.3, 0.4) is 0 Å². The molecule has 1 fully saturated rings. The van der Waals surface area contributed by atoms with Crippen LogP contribution < -0.4 is 5.73 Å². The lowest BCUT2D eigenvalue weighted by Crippen LogP contribution is -2.13. The Hall–Kier alpha value is -1.62. The van der Waals surface area contributed by atoms with Gasteiger partial charge in [-0.1, -0.05) is 23.7 Å². The highest BCUT2D eigenvalue weighted by atomic mass is 35.5. The number of hydrogen-bond acceptors (Lipinski definition) is 3. The van der Waals surface area contributed by atoms with Crippen molar-refractivity contribution in [2.45, 2.75) is 12.3 Å². The molecular formula is C10H9ClN2O3. The molecule has 16 heavy (non-hydrogen) atoms. The molecule has 1 aromatic carbocycles. The smallest absolute Gasteiger partial charge is 0.291 e. The Morgan fingerprint density at radius 1 is 1.56 bits per heavy atom. The molecule has 0 bridgehead atoms. The largest absolute Gasteiger partial charge is 0.369 e. The van der Waals surface area contributed by atoms with Gasteiger partial charge < -0.3 is 5.73 Å². The Morgan fingerprint density at radius 3 is 2.75 bits per heavy atom. The Morgan fingerprint density at radius 2 is 2.25 bits per heavy atom. The van der Waals surface area contributed by atoms with Crippen LogP contribution in [0.1, 0.15) is 17.9 Å². The zero-order chi connectivity index (χ0) is 11.9. The standard InChI is InChI=1S/C10H9ClN2O3/c11-8-3-1-2-5(9(8)13(15)16)6-4-7(6)10(12)14/h1-3,6-7H,4H2,(H2,12,14)/t6-,7+/m1/s1. The molecule has 1 amide bonds. The molecular weight excluding hydrogens is 232 g/mol. The van der Waals surface area contributed by atoms with E-state index in [0.29, 0.717) is 12.0 Å². The average molecular weight is 241 g/mol. The van der Waals surface area contributed by atoms with Gasteiger partial charge in [-0.25, -0.2) is 0 Å². The summed E-state index contributed by atoms with van der Waals surface area (Å²) in [6.45, 7) is 0. The second kappa shape index (κ2) is 3.75. The second-order valence-electron chi connectivity index (χ2n) is 3.79. The van der Waals surface area contributed by atoms with Crippen LogP contribution in [-0.4, -0.2) is 10.8 Å².